The summed E-state index contributed by atoms with van der Waals surface area (Å²) in [5.74, 6) is 0.648. The topological polar surface area (TPSA) is 29.5 Å². The Morgan fingerprint density at radius 3 is 2.68 bits per heavy atom. The average molecular weight is 298 g/mol. The maximum atomic E-state index is 11.0. The lowest BCUT2D eigenvalue weighted by Crippen LogP contribution is -2.49. The number of aliphatic hydroxyl groups excluding tert-OH is 1. The van der Waals surface area contributed by atoms with Crippen LogP contribution in [0, 0.1) is 11.3 Å². The molecule has 0 radical (unpaired) electrons. The van der Waals surface area contributed by atoms with E-state index in [9.17, 15) is 5.11 Å². The SMILES string of the molecule is C=C[C@H](c1ccccc1)[C@@]12CCC[C@]3(CCCC[C@@H]31)OC2O. The first-order valence-electron chi connectivity index (χ1n) is 8.76. The first-order chi connectivity index (χ1) is 10.7. The van der Waals surface area contributed by atoms with Gasteiger partial charge in [-0.3, -0.25) is 0 Å². The number of benzene rings is 1. The monoisotopic (exact) mass is 298 g/mol. The van der Waals surface area contributed by atoms with Gasteiger partial charge in [-0.2, -0.15) is 0 Å². The van der Waals surface area contributed by atoms with Crippen LogP contribution in [-0.2, 0) is 4.74 Å². The van der Waals surface area contributed by atoms with E-state index in [2.05, 4.69) is 43.0 Å². The molecule has 118 valence electrons. The van der Waals surface area contributed by atoms with Crippen LogP contribution >= 0.6 is 0 Å². The highest BCUT2D eigenvalue weighted by Gasteiger charge is 2.67. The van der Waals surface area contributed by atoms with Gasteiger partial charge in [0.05, 0.1) is 5.60 Å². The van der Waals surface area contributed by atoms with Crippen molar-refractivity contribution in [2.45, 2.75) is 62.8 Å². The van der Waals surface area contributed by atoms with E-state index in [-0.39, 0.29) is 16.9 Å². The fourth-order valence-corrected chi connectivity index (χ4v) is 5.82. The van der Waals surface area contributed by atoms with Crippen LogP contribution in [0.15, 0.2) is 43.0 Å². The van der Waals surface area contributed by atoms with E-state index in [4.69, 9.17) is 4.74 Å². The van der Waals surface area contributed by atoms with Crippen LogP contribution in [0.2, 0.25) is 0 Å². The molecule has 0 amide bonds. The highest BCUT2D eigenvalue weighted by atomic mass is 16.6. The third-order valence-electron chi connectivity index (χ3n) is 6.62. The second-order valence-electron chi connectivity index (χ2n) is 7.42. The van der Waals surface area contributed by atoms with Gasteiger partial charge in [-0.05, 0) is 43.6 Å². The highest BCUT2D eigenvalue weighted by molar-refractivity contribution is 5.30. The predicted octanol–water partition coefficient (Wildman–Crippen LogP) is 4.40. The van der Waals surface area contributed by atoms with Crippen LogP contribution < -0.4 is 0 Å². The minimum atomic E-state index is -0.652. The summed E-state index contributed by atoms with van der Waals surface area (Å²) < 4.78 is 6.29. The van der Waals surface area contributed by atoms with E-state index in [0.717, 1.165) is 25.7 Å². The molecule has 1 aromatic rings. The van der Waals surface area contributed by atoms with Crippen LogP contribution in [0.4, 0.5) is 0 Å². The van der Waals surface area contributed by atoms with Gasteiger partial charge in [0.2, 0.25) is 0 Å². The molecule has 1 N–H and O–H groups in total. The summed E-state index contributed by atoms with van der Waals surface area (Å²) in [5.41, 5.74) is 1.02. The molecule has 0 spiro atoms. The van der Waals surface area contributed by atoms with Crippen molar-refractivity contribution >= 4 is 0 Å². The van der Waals surface area contributed by atoms with Crippen molar-refractivity contribution in [3.8, 4) is 0 Å². The zero-order valence-corrected chi connectivity index (χ0v) is 13.2. The average Bonchev–Trinajstić information content (AvgIpc) is 2.70. The van der Waals surface area contributed by atoms with Crippen molar-refractivity contribution in [1.29, 1.82) is 0 Å². The Kier molecular flexibility index (Phi) is 3.43. The second kappa shape index (κ2) is 5.21. The van der Waals surface area contributed by atoms with Crippen LogP contribution in [-0.4, -0.2) is 17.0 Å². The van der Waals surface area contributed by atoms with Gasteiger partial charge in [0.1, 0.15) is 0 Å². The molecule has 2 bridgehead atoms. The van der Waals surface area contributed by atoms with Crippen molar-refractivity contribution in [2.75, 3.05) is 0 Å². The van der Waals surface area contributed by atoms with Gasteiger partial charge in [0, 0.05) is 11.3 Å². The summed E-state index contributed by atoms with van der Waals surface area (Å²) in [6.07, 6.45) is 9.54. The number of hydrogen-bond acceptors (Lipinski definition) is 2. The van der Waals surface area contributed by atoms with Gasteiger partial charge < -0.3 is 9.84 Å². The van der Waals surface area contributed by atoms with E-state index in [0.29, 0.717) is 5.92 Å². The number of ether oxygens (including phenoxy) is 1. The number of allylic oxidation sites excluding steroid dienone is 1. The molecule has 1 heterocycles. The maximum Gasteiger partial charge on any atom is 0.162 e. The van der Waals surface area contributed by atoms with E-state index in [1.165, 1.54) is 24.8 Å². The Morgan fingerprint density at radius 1 is 1.14 bits per heavy atom. The normalized spacial score (nSPS) is 41.7. The molecular formula is C20H26O2. The van der Waals surface area contributed by atoms with Crippen LogP contribution in [0.1, 0.15) is 56.4 Å². The summed E-state index contributed by atoms with van der Waals surface area (Å²) in [4.78, 5) is 0. The highest BCUT2D eigenvalue weighted by Crippen LogP contribution is 2.67. The van der Waals surface area contributed by atoms with Gasteiger partial charge in [0.25, 0.3) is 0 Å². The van der Waals surface area contributed by atoms with Crippen molar-refractivity contribution in [3.63, 3.8) is 0 Å². The molecule has 5 atom stereocenters. The number of rotatable bonds is 3. The molecule has 2 nitrogen and oxygen atoms in total. The molecule has 1 unspecified atom stereocenters. The molecule has 2 saturated carbocycles. The lowest BCUT2D eigenvalue weighted by atomic mass is 9.52. The zero-order chi connectivity index (χ0) is 15.2. The Balaban J connectivity index is 1.81. The van der Waals surface area contributed by atoms with E-state index in [1.54, 1.807) is 0 Å². The first-order valence-corrected chi connectivity index (χ1v) is 8.76. The van der Waals surface area contributed by atoms with Crippen LogP contribution in [0.5, 0.6) is 0 Å². The standard InChI is InChI=1S/C20H26O2/c1-2-16(15-9-4-3-5-10-15)20-14-8-13-19(22-18(20)21)12-7-6-11-17(19)20/h2-5,9-10,16-18,21H,1,6-8,11-14H2/t16-,17+,18?,19+,20+/m1/s1. The van der Waals surface area contributed by atoms with Gasteiger partial charge in [0.15, 0.2) is 6.29 Å². The van der Waals surface area contributed by atoms with E-state index >= 15 is 0 Å². The number of hydrogen-bond donors (Lipinski definition) is 1. The minimum absolute atomic E-state index is 0.0635. The van der Waals surface area contributed by atoms with Crippen molar-refractivity contribution in [2.24, 2.45) is 11.3 Å². The molecule has 2 heteroatoms. The molecular weight excluding hydrogens is 272 g/mol. The Labute approximate surface area is 133 Å². The van der Waals surface area contributed by atoms with Gasteiger partial charge >= 0.3 is 0 Å². The van der Waals surface area contributed by atoms with Crippen LogP contribution in [0.25, 0.3) is 0 Å². The van der Waals surface area contributed by atoms with E-state index < -0.39 is 6.29 Å². The molecule has 1 saturated heterocycles. The zero-order valence-electron chi connectivity index (χ0n) is 13.2. The van der Waals surface area contributed by atoms with Gasteiger partial charge in [-0.1, -0.05) is 49.2 Å². The van der Waals surface area contributed by atoms with Gasteiger partial charge in [-0.15, -0.1) is 6.58 Å². The van der Waals surface area contributed by atoms with Crippen LogP contribution in [0.3, 0.4) is 0 Å². The van der Waals surface area contributed by atoms with Crippen molar-refractivity contribution < 1.29 is 9.84 Å². The molecule has 22 heavy (non-hydrogen) atoms. The largest absolute Gasteiger partial charge is 0.367 e. The quantitative estimate of drug-likeness (QED) is 0.838. The fourth-order valence-electron chi connectivity index (χ4n) is 5.82. The van der Waals surface area contributed by atoms with E-state index in [1.807, 2.05) is 0 Å². The third-order valence-corrected chi connectivity index (χ3v) is 6.62. The number of aliphatic hydroxyl groups is 1. The molecule has 3 aliphatic rings. The Hall–Kier alpha value is -1.12. The predicted molar refractivity (Wildman–Crippen MR) is 87.4 cm³/mol. The lowest BCUT2D eigenvalue weighted by Gasteiger charge is -2.50. The van der Waals surface area contributed by atoms with Crippen molar-refractivity contribution in [3.05, 3.63) is 48.6 Å². The molecule has 3 fully saturated rings. The smallest absolute Gasteiger partial charge is 0.162 e. The maximum absolute atomic E-state index is 11.0. The first kappa shape index (κ1) is 14.5. The summed E-state index contributed by atoms with van der Waals surface area (Å²) in [5, 5.41) is 11.0. The second-order valence-corrected chi connectivity index (χ2v) is 7.42. The molecule has 2 aliphatic carbocycles. The summed E-state index contributed by atoms with van der Waals surface area (Å²) >= 11 is 0. The molecule has 1 aromatic carbocycles. The summed E-state index contributed by atoms with van der Waals surface area (Å²) in [6, 6.07) is 10.6. The Morgan fingerprint density at radius 2 is 1.91 bits per heavy atom. The lowest BCUT2D eigenvalue weighted by molar-refractivity contribution is -0.164. The fraction of sp³-hybridized carbons (Fsp3) is 0.600. The summed E-state index contributed by atoms with van der Waals surface area (Å²) in [7, 11) is 0. The van der Waals surface area contributed by atoms with Gasteiger partial charge in [-0.25, -0.2) is 0 Å². The van der Waals surface area contributed by atoms with Crippen molar-refractivity contribution in [1.82, 2.24) is 0 Å². The molecule has 1 aliphatic heterocycles. The summed E-state index contributed by atoms with van der Waals surface area (Å²) in [6.45, 7) is 4.13. The Bertz CT molecular complexity index is 550. The minimum Gasteiger partial charge on any atom is -0.367 e. The molecule has 0 aromatic heterocycles. The molecule has 4 rings (SSSR count). The third kappa shape index (κ3) is 1.80.